The number of hydrogen-bond donors (Lipinski definition) is 0. The first kappa shape index (κ1) is 12.6. The van der Waals surface area contributed by atoms with Gasteiger partial charge in [0.05, 0.1) is 0 Å². The van der Waals surface area contributed by atoms with Crippen LogP contribution < -0.4 is 0 Å². The van der Waals surface area contributed by atoms with Gasteiger partial charge in [0, 0.05) is 30.5 Å². The number of carbonyl (C=O) groups excluding carboxylic acids is 1. The summed E-state index contributed by atoms with van der Waals surface area (Å²) < 4.78 is 0. The van der Waals surface area contributed by atoms with E-state index in [1.54, 1.807) is 11.3 Å². The summed E-state index contributed by atoms with van der Waals surface area (Å²) in [5.41, 5.74) is 3.74. The molecule has 0 saturated heterocycles. The second kappa shape index (κ2) is 5.68. The van der Waals surface area contributed by atoms with Gasteiger partial charge >= 0.3 is 0 Å². The van der Waals surface area contributed by atoms with E-state index in [2.05, 4.69) is 29.2 Å². The highest BCUT2D eigenvalue weighted by atomic mass is 32.1. The summed E-state index contributed by atoms with van der Waals surface area (Å²) in [5.74, 6) is 0.276. The summed E-state index contributed by atoms with van der Waals surface area (Å²) in [5, 5.41) is 3.90. The van der Waals surface area contributed by atoms with Crippen LogP contribution in [0.5, 0.6) is 0 Å². The molecule has 1 aromatic heterocycles. The Kier molecular flexibility index (Phi) is 3.76. The van der Waals surface area contributed by atoms with Gasteiger partial charge in [-0.1, -0.05) is 24.3 Å². The lowest BCUT2D eigenvalue weighted by Crippen LogP contribution is -2.18. The van der Waals surface area contributed by atoms with Gasteiger partial charge in [-0.15, -0.1) is 0 Å². The van der Waals surface area contributed by atoms with Crippen LogP contribution in [0.1, 0.15) is 34.3 Å². The SMILES string of the molecule is O=C(CCCN1Cc2ccccc2C1)c1ccsc1. The predicted octanol–water partition coefficient (Wildman–Crippen LogP) is 3.73. The van der Waals surface area contributed by atoms with Crippen molar-refractivity contribution in [3.8, 4) is 0 Å². The number of benzene rings is 1. The second-order valence-electron chi connectivity index (χ2n) is 5.02. The van der Waals surface area contributed by atoms with Crippen molar-refractivity contribution in [2.75, 3.05) is 6.54 Å². The van der Waals surface area contributed by atoms with Crippen LogP contribution in [-0.2, 0) is 13.1 Å². The van der Waals surface area contributed by atoms with Gasteiger partial charge in [0.1, 0.15) is 0 Å². The summed E-state index contributed by atoms with van der Waals surface area (Å²) in [7, 11) is 0. The average Bonchev–Trinajstić information content (AvgIpc) is 3.07. The van der Waals surface area contributed by atoms with Gasteiger partial charge in [0.25, 0.3) is 0 Å². The van der Waals surface area contributed by atoms with Gasteiger partial charge in [-0.3, -0.25) is 9.69 Å². The number of carbonyl (C=O) groups is 1. The van der Waals surface area contributed by atoms with Crippen LogP contribution in [0.3, 0.4) is 0 Å². The normalized spacial score (nSPS) is 14.5. The fraction of sp³-hybridized carbons (Fsp3) is 0.312. The van der Waals surface area contributed by atoms with Gasteiger partial charge in [-0.25, -0.2) is 0 Å². The fourth-order valence-corrected chi connectivity index (χ4v) is 3.25. The molecule has 0 aliphatic carbocycles. The van der Waals surface area contributed by atoms with Crippen molar-refractivity contribution in [3.05, 3.63) is 57.8 Å². The monoisotopic (exact) mass is 271 g/mol. The number of hydrogen-bond acceptors (Lipinski definition) is 3. The van der Waals surface area contributed by atoms with Crippen LogP contribution in [-0.4, -0.2) is 17.2 Å². The standard InChI is InChI=1S/C16H17NOS/c18-16(15-7-9-19-12-15)6-3-8-17-10-13-4-1-2-5-14(13)11-17/h1-2,4-5,7,9,12H,3,6,8,10-11H2. The van der Waals surface area contributed by atoms with Crippen LogP contribution in [0, 0.1) is 0 Å². The molecule has 1 aliphatic heterocycles. The molecule has 0 saturated carbocycles. The molecule has 0 N–H and O–H groups in total. The summed E-state index contributed by atoms with van der Waals surface area (Å²) >= 11 is 1.59. The Morgan fingerprint density at radius 3 is 2.53 bits per heavy atom. The molecule has 3 rings (SSSR count). The van der Waals surface area contributed by atoms with Crippen molar-refractivity contribution in [3.63, 3.8) is 0 Å². The van der Waals surface area contributed by atoms with Gasteiger partial charge in [-0.05, 0) is 35.5 Å². The smallest absolute Gasteiger partial charge is 0.163 e. The topological polar surface area (TPSA) is 20.3 Å². The lowest BCUT2D eigenvalue weighted by atomic mass is 10.1. The largest absolute Gasteiger partial charge is 0.295 e. The minimum absolute atomic E-state index is 0.276. The molecule has 0 fully saturated rings. The predicted molar refractivity (Wildman–Crippen MR) is 78.4 cm³/mol. The Morgan fingerprint density at radius 2 is 1.89 bits per heavy atom. The zero-order valence-corrected chi connectivity index (χ0v) is 11.7. The number of Topliss-reactive ketones (excluding diaryl/α,β-unsaturated/α-hetero) is 1. The molecule has 0 amide bonds. The summed E-state index contributed by atoms with van der Waals surface area (Å²) in [6.45, 7) is 3.07. The Hall–Kier alpha value is -1.45. The Balaban J connectivity index is 1.46. The maximum absolute atomic E-state index is 11.9. The maximum atomic E-state index is 11.9. The number of ketones is 1. The third-order valence-electron chi connectivity index (χ3n) is 3.63. The third kappa shape index (κ3) is 2.94. The first-order valence-electron chi connectivity index (χ1n) is 6.67. The van der Waals surface area contributed by atoms with E-state index in [4.69, 9.17) is 0 Å². The van der Waals surface area contributed by atoms with E-state index < -0.39 is 0 Å². The molecule has 19 heavy (non-hydrogen) atoms. The first-order valence-corrected chi connectivity index (χ1v) is 7.62. The van der Waals surface area contributed by atoms with Gasteiger partial charge in [0.15, 0.2) is 5.78 Å². The van der Waals surface area contributed by atoms with Crippen LogP contribution in [0.15, 0.2) is 41.1 Å². The highest BCUT2D eigenvalue weighted by molar-refractivity contribution is 7.08. The molecule has 2 heterocycles. The molecule has 0 radical (unpaired) electrons. The highest BCUT2D eigenvalue weighted by Gasteiger charge is 2.17. The van der Waals surface area contributed by atoms with E-state index in [0.29, 0.717) is 6.42 Å². The Labute approximate surface area is 117 Å². The molecule has 2 aromatic rings. The van der Waals surface area contributed by atoms with E-state index in [0.717, 1.165) is 31.6 Å². The third-order valence-corrected chi connectivity index (χ3v) is 4.31. The van der Waals surface area contributed by atoms with E-state index in [1.807, 2.05) is 16.8 Å². The van der Waals surface area contributed by atoms with Crippen molar-refractivity contribution in [2.24, 2.45) is 0 Å². The van der Waals surface area contributed by atoms with Crippen LogP contribution >= 0.6 is 11.3 Å². The first-order chi connectivity index (χ1) is 9.33. The highest BCUT2D eigenvalue weighted by Crippen LogP contribution is 2.22. The molecule has 0 bridgehead atoms. The number of rotatable bonds is 5. The second-order valence-corrected chi connectivity index (χ2v) is 5.80. The van der Waals surface area contributed by atoms with E-state index in [9.17, 15) is 4.79 Å². The molecule has 3 heteroatoms. The fourth-order valence-electron chi connectivity index (χ4n) is 2.59. The van der Waals surface area contributed by atoms with Crippen LogP contribution in [0.25, 0.3) is 0 Å². The van der Waals surface area contributed by atoms with Crippen molar-refractivity contribution in [2.45, 2.75) is 25.9 Å². The van der Waals surface area contributed by atoms with Gasteiger partial charge in [0.2, 0.25) is 0 Å². The van der Waals surface area contributed by atoms with Crippen molar-refractivity contribution in [1.29, 1.82) is 0 Å². The van der Waals surface area contributed by atoms with Gasteiger partial charge < -0.3 is 0 Å². The zero-order chi connectivity index (χ0) is 13.1. The lowest BCUT2D eigenvalue weighted by Gasteiger charge is -2.13. The van der Waals surface area contributed by atoms with Crippen molar-refractivity contribution in [1.82, 2.24) is 4.90 Å². The maximum Gasteiger partial charge on any atom is 0.163 e. The Morgan fingerprint density at radius 1 is 1.16 bits per heavy atom. The van der Waals surface area contributed by atoms with Crippen molar-refractivity contribution >= 4 is 17.1 Å². The number of nitrogens with zero attached hydrogens (tertiary/aromatic N) is 1. The van der Waals surface area contributed by atoms with Crippen LogP contribution in [0.2, 0.25) is 0 Å². The van der Waals surface area contributed by atoms with Gasteiger partial charge in [-0.2, -0.15) is 11.3 Å². The molecule has 0 unspecified atom stereocenters. The van der Waals surface area contributed by atoms with Crippen molar-refractivity contribution < 1.29 is 4.79 Å². The zero-order valence-electron chi connectivity index (χ0n) is 10.8. The molecule has 0 atom stereocenters. The molecule has 1 aliphatic rings. The number of thiophene rings is 1. The molecule has 1 aromatic carbocycles. The average molecular weight is 271 g/mol. The summed E-state index contributed by atoms with van der Waals surface area (Å²) in [6.07, 6.45) is 1.60. The molecular formula is C16H17NOS. The van der Waals surface area contributed by atoms with E-state index in [-0.39, 0.29) is 5.78 Å². The van der Waals surface area contributed by atoms with E-state index in [1.165, 1.54) is 11.1 Å². The minimum atomic E-state index is 0.276. The summed E-state index contributed by atoms with van der Waals surface area (Å²) in [6, 6.07) is 10.5. The van der Waals surface area contributed by atoms with Crippen LogP contribution in [0.4, 0.5) is 0 Å². The van der Waals surface area contributed by atoms with E-state index >= 15 is 0 Å². The molecule has 2 nitrogen and oxygen atoms in total. The number of fused-ring (bicyclic) bond motifs is 1. The lowest BCUT2D eigenvalue weighted by molar-refractivity contribution is 0.0975. The summed E-state index contributed by atoms with van der Waals surface area (Å²) in [4.78, 5) is 14.3. The molecular weight excluding hydrogens is 254 g/mol. The Bertz CT molecular complexity index is 537. The minimum Gasteiger partial charge on any atom is -0.295 e. The molecule has 0 spiro atoms. The molecule has 98 valence electrons. The quantitative estimate of drug-likeness (QED) is 0.772.